The Labute approximate surface area is 119 Å². The van der Waals surface area contributed by atoms with Gasteiger partial charge in [0.25, 0.3) is 0 Å². The quantitative estimate of drug-likeness (QED) is 0.802. The Kier molecular flexibility index (Phi) is 4.04. The van der Waals surface area contributed by atoms with Crippen LogP contribution in [0.5, 0.6) is 0 Å². The normalized spacial score (nSPS) is 21.9. The lowest BCUT2D eigenvalue weighted by Crippen LogP contribution is -2.37. The Morgan fingerprint density at radius 2 is 2.16 bits per heavy atom. The van der Waals surface area contributed by atoms with Crippen LogP contribution in [0.3, 0.4) is 0 Å². The molecule has 0 aromatic heterocycles. The van der Waals surface area contributed by atoms with Gasteiger partial charge in [0.2, 0.25) is 5.91 Å². The summed E-state index contributed by atoms with van der Waals surface area (Å²) in [5.74, 6) is 0.117. The first-order valence-electron chi connectivity index (χ1n) is 6.76. The fourth-order valence-electron chi connectivity index (χ4n) is 2.83. The molecule has 0 saturated heterocycles. The maximum absolute atomic E-state index is 12.4. The summed E-state index contributed by atoms with van der Waals surface area (Å²) >= 11 is 6.09. The van der Waals surface area contributed by atoms with E-state index in [1.807, 2.05) is 0 Å². The van der Waals surface area contributed by atoms with Crippen molar-refractivity contribution in [2.24, 2.45) is 11.3 Å². The number of nitrogen functional groups attached to an aromatic ring is 1. The van der Waals surface area contributed by atoms with Crippen LogP contribution in [-0.2, 0) is 4.79 Å². The van der Waals surface area contributed by atoms with E-state index in [4.69, 9.17) is 17.3 Å². The van der Waals surface area contributed by atoms with Crippen LogP contribution in [0.25, 0.3) is 0 Å². The molecule has 1 amide bonds. The van der Waals surface area contributed by atoms with Crippen molar-refractivity contribution >= 4 is 28.9 Å². The molecule has 1 saturated carbocycles. The van der Waals surface area contributed by atoms with Crippen molar-refractivity contribution in [3.8, 4) is 0 Å². The van der Waals surface area contributed by atoms with Gasteiger partial charge < -0.3 is 11.1 Å². The summed E-state index contributed by atoms with van der Waals surface area (Å²) in [7, 11) is 0. The molecule has 1 aromatic rings. The summed E-state index contributed by atoms with van der Waals surface area (Å²) in [5, 5.41) is 3.42. The van der Waals surface area contributed by atoms with Crippen molar-refractivity contribution in [1.82, 2.24) is 0 Å². The molecular weight excluding hydrogens is 260 g/mol. The van der Waals surface area contributed by atoms with Crippen LogP contribution < -0.4 is 11.1 Å². The third kappa shape index (κ3) is 3.21. The zero-order chi connectivity index (χ0) is 14.0. The second kappa shape index (κ2) is 5.41. The van der Waals surface area contributed by atoms with Gasteiger partial charge >= 0.3 is 0 Å². The summed E-state index contributed by atoms with van der Waals surface area (Å²) in [5.41, 5.74) is 6.94. The maximum Gasteiger partial charge on any atom is 0.228 e. The minimum absolute atomic E-state index is 0.0508. The van der Waals surface area contributed by atoms with Gasteiger partial charge in [0.05, 0.1) is 10.7 Å². The van der Waals surface area contributed by atoms with Gasteiger partial charge in [-0.15, -0.1) is 0 Å². The van der Waals surface area contributed by atoms with Gasteiger partial charge in [-0.1, -0.05) is 38.3 Å². The van der Waals surface area contributed by atoms with Crippen molar-refractivity contribution in [3.63, 3.8) is 0 Å². The molecule has 3 nitrogen and oxygen atoms in total. The molecule has 1 fully saturated rings. The highest BCUT2D eigenvalue weighted by Gasteiger charge is 2.37. The molecule has 1 aromatic carbocycles. The number of carbonyl (C=O) groups excluding carboxylic acids is 1. The molecule has 2 rings (SSSR count). The van der Waals surface area contributed by atoms with E-state index in [9.17, 15) is 4.79 Å². The Bertz CT molecular complexity index is 485. The van der Waals surface area contributed by atoms with Crippen molar-refractivity contribution in [3.05, 3.63) is 23.2 Å². The first-order chi connectivity index (χ1) is 8.90. The SMILES string of the molecule is CC1(C)CCCCC1C(=O)Nc1ccc(N)cc1Cl. The Morgan fingerprint density at radius 1 is 1.42 bits per heavy atom. The first kappa shape index (κ1) is 14.2. The molecular formula is C15H21ClN2O. The molecule has 0 bridgehead atoms. The summed E-state index contributed by atoms with van der Waals surface area (Å²) in [6.07, 6.45) is 4.38. The maximum atomic E-state index is 12.4. The third-order valence-electron chi connectivity index (χ3n) is 4.07. The van der Waals surface area contributed by atoms with E-state index in [1.54, 1.807) is 18.2 Å². The lowest BCUT2D eigenvalue weighted by Gasteiger charge is -2.37. The molecule has 0 heterocycles. The van der Waals surface area contributed by atoms with Crippen molar-refractivity contribution in [1.29, 1.82) is 0 Å². The monoisotopic (exact) mass is 280 g/mol. The predicted molar refractivity (Wildman–Crippen MR) is 80.2 cm³/mol. The standard InChI is InChI=1S/C15H21ClN2O/c1-15(2)8-4-3-5-11(15)14(19)18-13-7-6-10(17)9-12(13)16/h6-7,9,11H,3-5,8,17H2,1-2H3,(H,18,19). The predicted octanol–water partition coefficient (Wildman–Crippen LogP) is 4.08. The number of hydrogen-bond acceptors (Lipinski definition) is 2. The molecule has 0 radical (unpaired) electrons. The molecule has 1 aliphatic carbocycles. The number of anilines is 2. The molecule has 3 N–H and O–H groups in total. The van der Waals surface area contributed by atoms with Crippen molar-refractivity contribution in [2.75, 3.05) is 11.1 Å². The van der Waals surface area contributed by atoms with Crippen LogP contribution in [0, 0.1) is 11.3 Å². The first-order valence-corrected chi connectivity index (χ1v) is 7.14. The van der Waals surface area contributed by atoms with Crippen molar-refractivity contribution < 1.29 is 4.79 Å². The fraction of sp³-hybridized carbons (Fsp3) is 0.533. The lowest BCUT2D eigenvalue weighted by atomic mass is 9.68. The van der Waals surface area contributed by atoms with Gasteiger partial charge in [0.15, 0.2) is 0 Å². The van der Waals surface area contributed by atoms with E-state index in [2.05, 4.69) is 19.2 Å². The number of nitrogens with one attached hydrogen (secondary N) is 1. The van der Waals surface area contributed by atoms with E-state index < -0.39 is 0 Å². The van der Waals surface area contributed by atoms with Gasteiger partial charge in [0, 0.05) is 11.6 Å². The van der Waals surface area contributed by atoms with Crippen LogP contribution in [-0.4, -0.2) is 5.91 Å². The topological polar surface area (TPSA) is 55.1 Å². The van der Waals surface area contributed by atoms with Gasteiger partial charge in [-0.05, 0) is 36.5 Å². The molecule has 1 unspecified atom stereocenters. The number of hydrogen-bond donors (Lipinski definition) is 2. The van der Waals surface area contributed by atoms with Crippen LogP contribution in [0.2, 0.25) is 5.02 Å². The smallest absolute Gasteiger partial charge is 0.228 e. The fourth-order valence-corrected chi connectivity index (χ4v) is 3.07. The zero-order valence-electron chi connectivity index (χ0n) is 11.5. The minimum atomic E-state index is 0.0508. The van der Waals surface area contributed by atoms with E-state index in [-0.39, 0.29) is 17.2 Å². The van der Waals surface area contributed by atoms with E-state index in [1.165, 1.54) is 6.42 Å². The summed E-state index contributed by atoms with van der Waals surface area (Å²) < 4.78 is 0. The largest absolute Gasteiger partial charge is 0.399 e. The van der Waals surface area contributed by atoms with E-state index in [0.717, 1.165) is 19.3 Å². The molecule has 4 heteroatoms. The molecule has 104 valence electrons. The van der Waals surface area contributed by atoms with Gasteiger partial charge in [-0.3, -0.25) is 4.79 Å². The number of nitrogens with two attached hydrogens (primary N) is 1. The Balaban J connectivity index is 2.12. The second-order valence-corrected chi connectivity index (χ2v) is 6.42. The van der Waals surface area contributed by atoms with Crippen LogP contribution in [0.15, 0.2) is 18.2 Å². The van der Waals surface area contributed by atoms with Crippen LogP contribution >= 0.6 is 11.6 Å². The zero-order valence-corrected chi connectivity index (χ0v) is 12.3. The molecule has 0 aliphatic heterocycles. The highest BCUT2D eigenvalue weighted by Crippen LogP contribution is 2.41. The van der Waals surface area contributed by atoms with E-state index >= 15 is 0 Å². The van der Waals surface area contributed by atoms with Crippen LogP contribution in [0.1, 0.15) is 39.5 Å². The number of amides is 1. The molecule has 1 aliphatic rings. The third-order valence-corrected chi connectivity index (χ3v) is 4.39. The van der Waals surface area contributed by atoms with Gasteiger partial charge in [-0.2, -0.15) is 0 Å². The number of rotatable bonds is 2. The average molecular weight is 281 g/mol. The summed E-state index contributed by atoms with van der Waals surface area (Å²) in [6.45, 7) is 4.34. The molecule has 19 heavy (non-hydrogen) atoms. The van der Waals surface area contributed by atoms with Crippen LogP contribution in [0.4, 0.5) is 11.4 Å². The summed E-state index contributed by atoms with van der Waals surface area (Å²) in [4.78, 5) is 12.4. The Morgan fingerprint density at radius 3 is 2.79 bits per heavy atom. The average Bonchev–Trinajstić information content (AvgIpc) is 2.32. The molecule has 1 atom stereocenters. The number of carbonyl (C=O) groups is 1. The number of halogens is 1. The minimum Gasteiger partial charge on any atom is -0.399 e. The lowest BCUT2D eigenvalue weighted by molar-refractivity contribution is -0.124. The Hall–Kier alpha value is -1.22. The second-order valence-electron chi connectivity index (χ2n) is 6.02. The van der Waals surface area contributed by atoms with E-state index in [0.29, 0.717) is 16.4 Å². The van der Waals surface area contributed by atoms with Crippen molar-refractivity contribution in [2.45, 2.75) is 39.5 Å². The van der Waals surface area contributed by atoms with Gasteiger partial charge in [0.1, 0.15) is 0 Å². The number of benzene rings is 1. The highest BCUT2D eigenvalue weighted by atomic mass is 35.5. The van der Waals surface area contributed by atoms with Gasteiger partial charge in [-0.25, -0.2) is 0 Å². The summed E-state index contributed by atoms with van der Waals surface area (Å²) in [6, 6.07) is 5.15. The highest BCUT2D eigenvalue weighted by molar-refractivity contribution is 6.34. The molecule has 0 spiro atoms.